The minimum Gasteiger partial charge on any atom is -0.497 e. The fourth-order valence-corrected chi connectivity index (χ4v) is 7.42. The molecule has 0 amide bonds. The van der Waals surface area contributed by atoms with E-state index in [1.807, 2.05) is 24.3 Å². The summed E-state index contributed by atoms with van der Waals surface area (Å²) in [7, 11) is 1.60. The molecule has 5 atom stereocenters. The Bertz CT molecular complexity index is 1080. The highest BCUT2D eigenvalue weighted by molar-refractivity contribution is 5.80. The number of hydrogen-bond donors (Lipinski definition) is 0. The number of esters is 3. The molecule has 4 aliphatic carbocycles. The number of nitrogens with zero attached hydrogens (tertiary/aromatic N) is 1. The summed E-state index contributed by atoms with van der Waals surface area (Å²) in [5.74, 6) is 0.947. The fraction of sp³-hybridized carbons (Fsp3) is 0.667. The van der Waals surface area contributed by atoms with Gasteiger partial charge in [-0.15, -0.1) is 0 Å². The first-order valence-electron chi connectivity index (χ1n) is 14.1. The molecule has 0 N–H and O–H groups in total. The zero-order valence-electron chi connectivity index (χ0n) is 23.6. The zero-order chi connectivity index (χ0) is 28.4. The second-order valence-electron chi connectivity index (χ2n) is 11.8. The molecule has 10 heteroatoms. The first-order chi connectivity index (χ1) is 19.1. The summed E-state index contributed by atoms with van der Waals surface area (Å²) in [6.07, 6.45) is 4.34. The zero-order valence-corrected chi connectivity index (χ0v) is 23.6. The minimum absolute atomic E-state index is 0.194. The van der Waals surface area contributed by atoms with Crippen molar-refractivity contribution in [3.8, 4) is 5.75 Å². The molecule has 0 unspecified atom stereocenters. The maximum Gasteiger partial charge on any atom is 0.303 e. The molecule has 1 aromatic carbocycles. The van der Waals surface area contributed by atoms with E-state index in [0.29, 0.717) is 23.5 Å². The van der Waals surface area contributed by atoms with Gasteiger partial charge in [-0.1, -0.05) is 0 Å². The molecule has 218 valence electrons. The summed E-state index contributed by atoms with van der Waals surface area (Å²) in [6, 6.07) is 6.52. The highest BCUT2D eigenvalue weighted by atomic mass is 16.7. The molecular weight excluding hydrogens is 518 g/mol. The van der Waals surface area contributed by atoms with Gasteiger partial charge in [0.15, 0.2) is 18.5 Å². The summed E-state index contributed by atoms with van der Waals surface area (Å²) in [4.78, 5) is 41.0. The van der Waals surface area contributed by atoms with Crippen LogP contribution in [-0.2, 0) is 38.1 Å². The average molecular weight is 558 g/mol. The van der Waals surface area contributed by atoms with Crippen LogP contribution < -0.4 is 4.74 Å². The third kappa shape index (κ3) is 6.49. The van der Waals surface area contributed by atoms with E-state index in [0.717, 1.165) is 24.8 Å². The maximum atomic E-state index is 12.3. The molecule has 1 heterocycles. The Kier molecular flexibility index (Phi) is 8.47. The Morgan fingerprint density at radius 1 is 0.900 bits per heavy atom. The van der Waals surface area contributed by atoms with E-state index in [9.17, 15) is 14.4 Å². The van der Waals surface area contributed by atoms with Crippen molar-refractivity contribution in [1.29, 1.82) is 0 Å². The number of rotatable bonds is 9. The summed E-state index contributed by atoms with van der Waals surface area (Å²) >= 11 is 0. The van der Waals surface area contributed by atoms with Gasteiger partial charge in [0.1, 0.15) is 24.5 Å². The van der Waals surface area contributed by atoms with Gasteiger partial charge < -0.3 is 28.4 Å². The predicted molar refractivity (Wildman–Crippen MR) is 143 cm³/mol. The molecule has 40 heavy (non-hydrogen) atoms. The number of carbonyl (C=O) groups is 3. The number of benzene rings is 1. The van der Waals surface area contributed by atoms with Crippen molar-refractivity contribution in [1.82, 2.24) is 0 Å². The van der Waals surface area contributed by atoms with E-state index in [4.69, 9.17) is 33.4 Å². The van der Waals surface area contributed by atoms with E-state index in [2.05, 4.69) is 0 Å². The van der Waals surface area contributed by atoms with Crippen molar-refractivity contribution in [2.75, 3.05) is 13.7 Å². The van der Waals surface area contributed by atoms with Gasteiger partial charge in [-0.3, -0.25) is 19.4 Å². The molecule has 1 aromatic rings. The van der Waals surface area contributed by atoms with Gasteiger partial charge in [-0.05, 0) is 86.1 Å². The van der Waals surface area contributed by atoms with Crippen LogP contribution in [0.2, 0.25) is 0 Å². The second-order valence-corrected chi connectivity index (χ2v) is 11.8. The Hall–Kier alpha value is -2.98. The lowest BCUT2D eigenvalue weighted by Crippen LogP contribution is -2.64. The van der Waals surface area contributed by atoms with Crippen LogP contribution in [-0.4, -0.2) is 74.1 Å². The highest BCUT2D eigenvalue weighted by Crippen LogP contribution is 2.57. The highest BCUT2D eigenvalue weighted by Gasteiger charge is 2.57. The van der Waals surface area contributed by atoms with Crippen molar-refractivity contribution in [2.45, 2.75) is 95.5 Å². The Morgan fingerprint density at radius 3 is 2.00 bits per heavy atom. The monoisotopic (exact) mass is 557 g/mol. The molecule has 0 aromatic heterocycles. The lowest BCUT2D eigenvalue weighted by molar-refractivity contribution is -0.317. The fourth-order valence-electron chi connectivity index (χ4n) is 7.42. The molecule has 5 fully saturated rings. The van der Waals surface area contributed by atoms with E-state index in [-0.39, 0.29) is 12.2 Å². The van der Waals surface area contributed by atoms with Crippen molar-refractivity contribution >= 4 is 24.1 Å². The van der Waals surface area contributed by atoms with Gasteiger partial charge in [0, 0.05) is 27.0 Å². The van der Waals surface area contributed by atoms with Crippen LogP contribution in [0.4, 0.5) is 0 Å². The topological polar surface area (TPSA) is 119 Å². The van der Waals surface area contributed by atoms with Gasteiger partial charge >= 0.3 is 17.9 Å². The van der Waals surface area contributed by atoms with E-state index in [1.165, 1.54) is 40.0 Å². The van der Waals surface area contributed by atoms with Gasteiger partial charge in [0.25, 0.3) is 0 Å². The molecule has 0 spiro atoms. The van der Waals surface area contributed by atoms with Crippen LogP contribution in [0, 0.1) is 17.8 Å². The van der Waals surface area contributed by atoms with E-state index >= 15 is 0 Å². The van der Waals surface area contributed by atoms with Gasteiger partial charge in [-0.2, -0.15) is 0 Å². The molecule has 0 radical (unpaired) electrons. The van der Waals surface area contributed by atoms with Crippen LogP contribution in [0.25, 0.3) is 0 Å². The first kappa shape index (κ1) is 28.5. The van der Waals surface area contributed by atoms with Crippen molar-refractivity contribution in [3.63, 3.8) is 0 Å². The summed E-state index contributed by atoms with van der Waals surface area (Å²) in [6.45, 7) is 3.65. The molecule has 1 aliphatic heterocycles. The summed E-state index contributed by atoms with van der Waals surface area (Å²) in [5.41, 5.74) is 0.441. The SMILES string of the molecule is COc1ccc(C=N[C@H]2[C@@H](OC34CC5CC(CC(C5)C3)C4)O[C@H](COC(C)=O)[C@H](OC(C)=O)[C@@H]2OC(C)=O)cc1. The van der Waals surface area contributed by atoms with Crippen molar-refractivity contribution in [3.05, 3.63) is 29.8 Å². The Morgan fingerprint density at radius 2 is 1.48 bits per heavy atom. The van der Waals surface area contributed by atoms with Crippen molar-refractivity contribution < 1.29 is 42.8 Å². The third-order valence-corrected chi connectivity index (χ3v) is 8.53. The third-order valence-electron chi connectivity index (χ3n) is 8.53. The largest absolute Gasteiger partial charge is 0.497 e. The van der Waals surface area contributed by atoms with Crippen LogP contribution in [0.1, 0.15) is 64.9 Å². The first-order valence-corrected chi connectivity index (χ1v) is 14.1. The smallest absolute Gasteiger partial charge is 0.303 e. The molecule has 1 saturated heterocycles. The Balaban J connectivity index is 1.49. The van der Waals surface area contributed by atoms with Gasteiger partial charge in [0.05, 0.1) is 12.7 Å². The second kappa shape index (κ2) is 11.9. The van der Waals surface area contributed by atoms with Gasteiger partial charge in [0.2, 0.25) is 0 Å². The lowest BCUT2D eigenvalue weighted by Gasteiger charge is -2.58. The van der Waals surface area contributed by atoms with Crippen LogP contribution >= 0.6 is 0 Å². The molecule has 5 aliphatic rings. The minimum atomic E-state index is -1.06. The number of ether oxygens (including phenoxy) is 6. The average Bonchev–Trinajstić information content (AvgIpc) is 2.87. The van der Waals surface area contributed by atoms with Gasteiger partial charge in [-0.25, -0.2) is 0 Å². The molecular formula is C30H39NO9. The van der Waals surface area contributed by atoms with E-state index < -0.39 is 48.6 Å². The standard InChI is InChI=1S/C30H39NO9/c1-17(32)36-16-25-27(37-18(2)33)28(38-19(3)34)26(31-15-20-5-7-24(35-4)8-6-20)29(39-25)40-30-12-21-9-22(13-30)11-23(10-21)14-30/h5-8,15,21-23,25-29H,9-14,16H2,1-4H3/t21?,22?,23?,25-,26-,27+,28-,29-,30?/m1/s1. The normalized spacial score (nSPS) is 36.3. The van der Waals surface area contributed by atoms with Crippen LogP contribution in [0.15, 0.2) is 29.3 Å². The molecule has 10 nitrogen and oxygen atoms in total. The molecule has 4 bridgehead atoms. The van der Waals surface area contributed by atoms with Crippen LogP contribution in [0.5, 0.6) is 5.75 Å². The van der Waals surface area contributed by atoms with E-state index in [1.54, 1.807) is 13.3 Å². The lowest BCUT2D eigenvalue weighted by atomic mass is 9.54. The number of hydrogen-bond acceptors (Lipinski definition) is 10. The molecule has 6 rings (SSSR count). The predicted octanol–water partition coefficient (Wildman–Crippen LogP) is 3.62. The van der Waals surface area contributed by atoms with Crippen molar-refractivity contribution in [2.24, 2.45) is 22.7 Å². The summed E-state index contributed by atoms with van der Waals surface area (Å²) < 4.78 is 35.3. The number of carbonyl (C=O) groups excluding carboxylic acids is 3. The number of methoxy groups -OCH3 is 1. The molecule has 4 saturated carbocycles. The van der Waals surface area contributed by atoms with Crippen LogP contribution in [0.3, 0.4) is 0 Å². The quantitative estimate of drug-likeness (QED) is 0.255. The summed E-state index contributed by atoms with van der Waals surface area (Å²) in [5, 5.41) is 0. The maximum absolute atomic E-state index is 12.3. The number of aliphatic imine (C=N–C) groups is 1. The Labute approximate surface area is 234 Å².